The highest BCUT2D eigenvalue weighted by atomic mass is 16.7. The zero-order valence-electron chi connectivity index (χ0n) is 31.8. The number of aliphatic hydroxyl groups is 5. The second-order valence-electron chi connectivity index (χ2n) is 15.3. The lowest BCUT2D eigenvalue weighted by Crippen LogP contribution is -2.61. The Morgan fingerprint density at radius 3 is 2.46 bits per heavy atom. The lowest BCUT2D eigenvalue weighted by Gasteiger charge is -2.53. The molecule has 5 rings (SSSR count). The largest absolute Gasteiger partial charge is 0.508 e. The molecule has 2 fully saturated rings. The summed E-state index contributed by atoms with van der Waals surface area (Å²) < 4.78 is 35.7. The van der Waals surface area contributed by atoms with Crippen LogP contribution in [0.25, 0.3) is 0 Å². The minimum absolute atomic E-state index is 0.0177. The number of carbonyl (C=O) groups excluding carboxylic acids is 3. The first-order chi connectivity index (χ1) is 25.7. The average molecular weight is 765 g/mol. The predicted octanol–water partition coefficient (Wildman–Crippen LogP) is 0.961. The van der Waals surface area contributed by atoms with Gasteiger partial charge in [0, 0.05) is 55.5 Å². The molecule has 2 aliphatic heterocycles. The SMILES string of the molecule is CO[C@H]1CC2C=C[C@]3(C)[C@H]4[C@H](O)[C@@H](C)[C@@H](OC(=O)c5ccc[nH]5)[C@@H]3O[C@@]24/C(C)=C/[C@@H](C)[C@@H]([C@@H](C)OC(=O)OCCN(CCO)C(CO)(CO)CO)OC1=O. The van der Waals surface area contributed by atoms with E-state index < -0.39 is 115 Å². The van der Waals surface area contributed by atoms with Crippen molar-refractivity contribution in [3.8, 4) is 0 Å². The number of rotatable bonds is 14. The van der Waals surface area contributed by atoms with Crippen LogP contribution in [0.5, 0.6) is 0 Å². The van der Waals surface area contributed by atoms with Gasteiger partial charge in [0.25, 0.3) is 0 Å². The van der Waals surface area contributed by atoms with Gasteiger partial charge in [-0.2, -0.15) is 0 Å². The number of aliphatic hydroxyl groups excluding tert-OH is 5. The molecule has 4 aliphatic rings. The number of aromatic nitrogens is 1. The van der Waals surface area contributed by atoms with Crippen LogP contribution in [0, 0.1) is 29.1 Å². The van der Waals surface area contributed by atoms with Gasteiger partial charge >= 0.3 is 18.1 Å². The summed E-state index contributed by atoms with van der Waals surface area (Å²) in [4.78, 5) is 44.1. The number of ether oxygens (including phenoxy) is 6. The monoisotopic (exact) mass is 764 g/mol. The first-order valence-corrected chi connectivity index (χ1v) is 18.5. The van der Waals surface area contributed by atoms with E-state index in [1.54, 1.807) is 25.3 Å². The maximum atomic E-state index is 13.7. The third-order valence-corrected chi connectivity index (χ3v) is 12.2. The van der Waals surface area contributed by atoms with Crippen LogP contribution < -0.4 is 0 Å². The van der Waals surface area contributed by atoms with E-state index in [0.717, 1.165) is 5.57 Å². The number of esters is 2. The molecule has 3 heterocycles. The van der Waals surface area contributed by atoms with Crippen LogP contribution in [0.3, 0.4) is 0 Å². The maximum Gasteiger partial charge on any atom is 0.508 e. The summed E-state index contributed by atoms with van der Waals surface area (Å²) in [5.41, 5.74) is -2.27. The summed E-state index contributed by atoms with van der Waals surface area (Å²) in [6, 6.07) is 3.31. The number of cyclic esters (lactones) is 1. The molecule has 6 N–H and O–H groups in total. The van der Waals surface area contributed by atoms with Crippen LogP contribution in [0.1, 0.15) is 51.5 Å². The number of nitrogens with zero attached hydrogens (tertiary/aromatic N) is 1. The third kappa shape index (κ3) is 7.34. The van der Waals surface area contributed by atoms with Crippen molar-refractivity contribution in [1.82, 2.24) is 9.88 Å². The van der Waals surface area contributed by atoms with Gasteiger partial charge in [-0.25, -0.2) is 14.4 Å². The number of hydrogen-bond acceptors (Lipinski definition) is 15. The normalized spacial score (nSPS) is 36.4. The first-order valence-electron chi connectivity index (χ1n) is 18.5. The number of nitrogens with one attached hydrogen (secondary N) is 1. The van der Waals surface area contributed by atoms with Crippen molar-refractivity contribution in [1.29, 1.82) is 0 Å². The maximum absolute atomic E-state index is 13.7. The number of H-pyrrole nitrogens is 1. The molecule has 12 atom stereocenters. The number of carbonyl (C=O) groups is 3. The molecular weight excluding hydrogens is 708 g/mol. The van der Waals surface area contributed by atoms with Crippen molar-refractivity contribution in [2.45, 2.75) is 88.8 Å². The number of hydrogen-bond donors (Lipinski definition) is 6. The van der Waals surface area contributed by atoms with Gasteiger partial charge < -0.3 is 58.9 Å². The van der Waals surface area contributed by atoms with E-state index in [1.807, 2.05) is 45.9 Å². The molecule has 0 amide bonds. The molecule has 302 valence electrons. The number of methoxy groups -OCH3 is 1. The Morgan fingerprint density at radius 2 is 1.85 bits per heavy atom. The fourth-order valence-corrected chi connectivity index (χ4v) is 9.17. The summed E-state index contributed by atoms with van der Waals surface area (Å²) in [6.45, 7) is 6.64. The van der Waals surface area contributed by atoms with Crippen LogP contribution in [0.4, 0.5) is 4.79 Å². The molecule has 2 aliphatic carbocycles. The molecule has 1 spiro atoms. The molecule has 1 saturated carbocycles. The average Bonchev–Trinajstić information content (AvgIpc) is 3.73. The Labute approximate surface area is 315 Å². The smallest absolute Gasteiger partial charge is 0.456 e. The van der Waals surface area contributed by atoms with Crippen LogP contribution in [-0.4, -0.2) is 155 Å². The minimum atomic E-state index is -1.45. The van der Waals surface area contributed by atoms with E-state index in [-0.39, 0.29) is 38.4 Å². The molecule has 0 aromatic carbocycles. The van der Waals surface area contributed by atoms with E-state index in [1.165, 1.54) is 12.0 Å². The highest BCUT2D eigenvalue weighted by molar-refractivity contribution is 5.87. The second kappa shape index (κ2) is 16.8. The van der Waals surface area contributed by atoms with Gasteiger partial charge in [-0.15, -0.1) is 0 Å². The van der Waals surface area contributed by atoms with Crippen LogP contribution in [-0.2, 0) is 33.2 Å². The van der Waals surface area contributed by atoms with Gasteiger partial charge in [0.2, 0.25) is 0 Å². The van der Waals surface area contributed by atoms with Gasteiger partial charge in [0.15, 0.2) is 6.10 Å². The van der Waals surface area contributed by atoms with E-state index in [2.05, 4.69) is 4.98 Å². The molecular formula is C38H56N2O14. The van der Waals surface area contributed by atoms with Gasteiger partial charge in [-0.05, 0) is 38.0 Å². The number of aromatic amines is 1. The zero-order chi connectivity index (χ0) is 39.6. The summed E-state index contributed by atoms with van der Waals surface area (Å²) in [5.74, 6) is -3.20. The molecule has 0 radical (unpaired) electrons. The van der Waals surface area contributed by atoms with E-state index in [4.69, 9.17) is 28.4 Å². The summed E-state index contributed by atoms with van der Waals surface area (Å²) >= 11 is 0. The van der Waals surface area contributed by atoms with Gasteiger partial charge in [-0.1, -0.05) is 39.0 Å². The highest BCUT2D eigenvalue weighted by Gasteiger charge is 2.73. The first kappa shape index (κ1) is 41.8. The minimum Gasteiger partial charge on any atom is -0.456 e. The molecule has 16 heteroatoms. The lowest BCUT2D eigenvalue weighted by atomic mass is 9.51. The second-order valence-corrected chi connectivity index (χ2v) is 15.3. The Kier molecular flexibility index (Phi) is 13.0. The Morgan fingerprint density at radius 1 is 1.15 bits per heavy atom. The molecule has 1 unspecified atom stereocenters. The predicted molar refractivity (Wildman–Crippen MR) is 190 cm³/mol. The van der Waals surface area contributed by atoms with Crippen molar-refractivity contribution in [2.24, 2.45) is 29.1 Å². The molecule has 1 aromatic heterocycles. The number of β-amino-alcohol motifs (C(OH)–C–C–N with tert-alkyl or cyclic N) is 1. The molecule has 54 heavy (non-hydrogen) atoms. The van der Waals surface area contributed by atoms with Crippen molar-refractivity contribution >= 4 is 18.1 Å². The molecule has 4 bridgehead atoms. The Hall–Kier alpha value is -3.35. The van der Waals surface area contributed by atoms with E-state index in [0.29, 0.717) is 0 Å². The lowest BCUT2D eigenvalue weighted by molar-refractivity contribution is -0.173. The van der Waals surface area contributed by atoms with Crippen LogP contribution in [0.15, 0.2) is 42.1 Å². The summed E-state index contributed by atoms with van der Waals surface area (Å²) in [5, 5.41) is 51.0. The fourth-order valence-electron chi connectivity index (χ4n) is 9.17. The van der Waals surface area contributed by atoms with E-state index >= 15 is 0 Å². The summed E-state index contributed by atoms with van der Waals surface area (Å²) in [7, 11) is 1.40. The highest BCUT2D eigenvalue weighted by Crippen LogP contribution is 2.66. The van der Waals surface area contributed by atoms with Crippen molar-refractivity contribution in [3.63, 3.8) is 0 Å². The van der Waals surface area contributed by atoms with Gasteiger partial charge in [-0.3, -0.25) is 4.90 Å². The topological polar surface area (TPSA) is 227 Å². The Bertz CT molecular complexity index is 1520. The van der Waals surface area contributed by atoms with Crippen LogP contribution >= 0.6 is 0 Å². The van der Waals surface area contributed by atoms with E-state index in [9.17, 15) is 39.9 Å². The third-order valence-electron chi connectivity index (χ3n) is 12.2. The quantitative estimate of drug-likeness (QED) is 0.0882. The van der Waals surface area contributed by atoms with Crippen molar-refractivity contribution < 1.29 is 68.3 Å². The molecule has 1 saturated heterocycles. The van der Waals surface area contributed by atoms with Crippen LogP contribution in [0.2, 0.25) is 0 Å². The Balaban J connectivity index is 1.40. The van der Waals surface area contributed by atoms with Gasteiger partial charge in [0.05, 0.1) is 38.1 Å². The molecule has 16 nitrogen and oxygen atoms in total. The van der Waals surface area contributed by atoms with Crippen molar-refractivity contribution in [3.05, 3.63) is 47.8 Å². The van der Waals surface area contributed by atoms with Gasteiger partial charge in [0.1, 0.15) is 42.3 Å². The molecule has 1 aromatic rings. The summed E-state index contributed by atoms with van der Waals surface area (Å²) in [6.07, 6.45) is 1.15. The fraction of sp³-hybridized carbons (Fsp3) is 0.711. The van der Waals surface area contributed by atoms with Crippen molar-refractivity contribution in [2.75, 3.05) is 53.2 Å². The zero-order valence-corrected chi connectivity index (χ0v) is 31.8. The standard InChI is InChI=1S/C38H56N2O14/c1-21-16-22(2)38-25(9-10-36(5)31(38)28(45)23(3)30(32(36)54-38)53-33(46)26-8-7-11-39-26)17-27(49-6)34(47)52-29(21)24(4)51-35(48)50-15-13-40(12-14-41)37(18-42,19-43)20-44/h7-11,16,21,23-25,27-32,39,41-45H,12-15,17-20H2,1-6H3/b22-16+/t21-,23-,24-,25?,27+,28-,29+,30-,31-,32+,36-,38+/m1/s1.